The molecule has 1 atom stereocenters. The van der Waals surface area contributed by atoms with Crippen LogP contribution in [-0.4, -0.2) is 11.8 Å². The van der Waals surface area contributed by atoms with Gasteiger partial charge in [0.25, 0.3) is 5.91 Å². The van der Waals surface area contributed by atoms with Crippen molar-refractivity contribution < 1.29 is 9.59 Å². The summed E-state index contributed by atoms with van der Waals surface area (Å²) in [7, 11) is 0. The largest absolute Gasteiger partial charge is 0.352 e. The van der Waals surface area contributed by atoms with Crippen LogP contribution in [0.3, 0.4) is 0 Å². The van der Waals surface area contributed by atoms with Crippen molar-refractivity contribution in [1.29, 1.82) is 0 Å². The lowest BCUT2D eigenvalue weighted by Crippen LogP contribution is -2.31. The molecule has 2 N–H and O–H groups in total. The summed E-state index contributed by atoms with van der Waals surface area (Å²) in [4.78, 5) is 23.8. The highest BCUT2D eigenvalue weighted by Crippen LogP contribution is 2.27. The smallest absolute Gasteiger partial charge is 0.251 e. The fraction of sp³-hybridized carbons (Fsp3) is 0.417. The zero-order valence-corrected chi connectivity index (χ0v) is 17.8. The SMILES string of the molecule is CC(=O)NCc1ccc(C(=O)NC(c2ccc(C(C)(C)C)cc2)C(C)C)cc1. The van der Waals surface area contributed by atoms with E-state index in [4.69, 9.17) is 0 Å². The van der Waals surface area contributed by atoms with Crippen LogP contribution < -0.4 is 10.6 Å². The Hall–Kier alpha value is -2.62. The lowest BCUT2D eigenvalue weighted by atomic mass is 9.85. The Morgan fingerprint density at radius 3 is 1.96 bits per heavy atom. The van der Waals surface area contributed by atoms with E-state index in [1.54, 1.807) is 12.1 Å². The lowest BCUT2D eigenvalue weighted by molar-refractivity contribution is -0.119. The first-order chi connectivity index (χ1) is 13.1. The minimum absolute atomic E-state index is 0.0550. The van der Waals surface area contributed by atoms with Crippen molar-refractivity contribution >= 4 is 11.8 Å². The van der Waals surface area contributed by atoms with Gasteiger partial charge >= 0.3 is 0 Å². The zero-order valence-electron chi connectivity index (χ0n) is 17.8. The number of rotatable bonds is 6. The third-order valence-corrected chi connectivity index (χ3v) is 4.85. The first-order valence-electron chi connectivity index (χ1n) is 9.82. The predicted octanol–water partition coefficient (Wildman–Crippen LogP) is 4.75. The van der Waals surface area contributed by atoms with Gasteiger partial charge in [0.15, 0.2) is 0 Å². The molecule has 0 spiro atoms. The van der Waals surface area contributed by atoms with Gasteiger partial charge in [0.1, 0.15) is 0 Å². The molecule has 150 valence electrons. The monoisotopic (exact) mass is 380 g/mol. The highest BCUT2D eigenvalue weighted by atomic mass is 16.2. The van der Waals surface area contributed by atoms with E-state index in [2.05, 4.69) is 69.5 Å². The number of carbonyl (C=O) groups is 2. The molecule has 0 radical (unpaired) electrons. The summed E-state index contributed by atoms with van der Waals surface area (Å²) < 4.78 is 0. The third kappa shape index (κ3) is 5.95. The van der Waals surface area contributed by atoms with Crippen LogP contribution in [0, 0.1) is 5.92 Å². The van der Waals surface area contributed by atoms with Gasteiger partial charge in [-0.3, -0.25) is 9.59 Å². The van der Waals surface area contributed by atoms with Crippen LogP contribution in [0.1, 0.15) is 74.6 Å². The average molecular weight is 381 g/mol. The Kier molecular flexibility index (Phi) is 7.00. The van der Waals surface area contributed by atoms with Crippen LogP contribution >= 0.6 is 0 Å². The maximum absolute atomic E-state index is 12.8. The molecule has 0 aliphatic rings. The molecule has 0 aliphatic carbocycles. The molecule has 2 rings (SSSR count). The summed E-state index contributed by atoms with van der Waals surface area (Å²) in [6, 6.07) is 15.8. The number of carbonyl (C=O) groups excluding carboxylic acids is 2. The highest BCUT2D eigenvalue weighted by Gasteiger charge is 2.20. The number of nitrogens with one attached hydrogen (secondary N) is 2. The van der Waals surface area contributed by atoms with Crippen LogP contribution in [0.4, 0.5) is 0 Å². The molecule has 0 aromatic heterocycles. The van der Waals surface area contributed by atoms with Crippen LogP contribution in [0.5, 0.6) is 0 Å². The molecule has 1 unspecified atom stereocenters. The van der Waals surface area contributed by atoms with Gasteiger partial charge in [-0.15, -0.1) is 0 Å². The summed E-state index contributed by atoms with van der Waals surface area (Å²) >= 11 is 0. The van der Waals surface area contributed by atoms with Gasteiger partial charge in [0, 0.05) is 19.0 Å². The molecule has 0 fully saturated rings. The van der Waals surface area contributed by atoms with Crippen molar-refractivity contribution in [1.82, 2.24) is 10.6 Å². The van der Waals surface area contributed by atoms with E-state index in [0.717, 1.165) is 11.1 Å². The van der Waals surface area contributed by atoms with Crippen LogP contribution in [-0.2, 0) is 16.8 Å². The molecule has 0 aliphatic heterocycles. The summed E-state index contributed by atoms with van der Waals surface area (Å²) in [6.07, 6.45) is 0. The second kappa shape index (κ2) is 9.05. The summed E-state index contributed by atoms with van der Waals surface area (Å²) in [5, 5.41) is 5.92. The fourth-order valence-electron chi connectivity index (χ4n) is 3.05. The van der Waals surface area contributed by atoms with E-state index in [-0.39, 0.29) is 29.2 Å². The van der Waals surface area contributed by atoms with Gasteiger partial charge in [-0.1, -0.05) is 71.0 Å². The minimum atomic E-state index is -0.0929. The Morgan fingerprint density at radius 2 is 1.50 bits per heavy atom. The normalized spacial score (nSPS) is 12.5. The molecular formula is C24H32N2O2. The first-order valence-corrected chi connectivity index (χ1v) is 9.82. The van der Waals surface area contributed by atoms with Crippen molar-refractivity contribution in [3.63, 3.8) is 0 Å². The van der Waals surface area contributed by atoms with Gasteiger partial charge in [0.05, 0.1) is 6.04 Å². The van der Waals surface area contributed by atoms with E-state index >= 15 is 0 Å². The van der Waals surface area contributed by atoms with Gasteiger partial charge in [0.2, 0.25) is 5.91 Å². The van der Waals surface area contributed by atoms with E-state index in [1.165, 1.54) is 12.5 Å². The molecule has 2 aromatic rings. The van der Waals surface area contributed by atoms with Gasteiger partial charge in [-0.25, -0.2) is 0 Å². The average Bonchev–Trinajstić information content (AvgIpc) is 2.63. The van der Waals surface area contributed by atoms with Crippen LogP contribution in [0.15, 0.2) is 48.5 Å². The Bertz CT molecular complexity index is 800. The number of hydrogen-bond acceptors (Lipinski definition) is 2. The molecule has 0 saturated heterocycles. The van der Waals surface area contributed by atoms with Crippen molar-refractivity contribution in [2.75, 3.05) is 0 Å². The highest BCUT2D eigenvalue weighted by molar-refractivity contribution is 5.94. The quantitative estimate of drug-likeness (QED) is 0.760. The molecule has 28 heavy (non-hydrogen) atoms. The van der Waals surface area contributed by atoms with Gasteiger partial charge < -0.3 is 10.6 Å². The molecular weight excluding hydrogens is 348 g/mol. The second-order valence-corrected chi connectivity index (χ2v) is 8.67. The standard InChI is InChI=1S/C24H32N2O2/c1-16(2)22(19-11-13-21(14-12-19)24(4,5)6)26-23(28)20-9-7-18(8-10-20)15-25-17(3)27/h7-14,16,22H,15H2,1-6H3,(H,25,27)(H,26,28). The van der Waals surface area contributed by atoms with E-state index in [9.17, 15) is 9.59 Å². The van der Waals surface area contributed by atoms with E-state index in [0.29, 0.717) is 12.1 Å². The molecule has 2 aromatic carbocycles. The lowest BCUT2D eigenvalue weighted by Gasteiger charge is -2.25. The van der Waals surface area contributed by atoms with Crippen molar-refractivity contribution in [3.05, 3.63) is 70.8 Å². The van der Waals surface area contributed by atoms with Crippen molar-refractivity contribution in [2.24, 2.45) is 5.92 Å². The van der Waals surface area contributed by atoms with Crippen LogP contribution in [0.2, 0.25) is 0 Å². The predicted molar refractivity (Wildman–Crippen MR) is 114 cm³/mol. The zero-order chi connectivity index (χ0) is 20.9. The van der Waals surface area contributed by atoms with Crippen LogP contribution in [0.25, 0.3) is 0 Å². The number of hydrogen-bond donors (Lipinski definition) is 2. The summed E-state index contributed by atoms with van der Waals surface area (Å²) in [6.45, 7) is 12.8. The first kappa shape index (κ1) is 21.7. The Morgan fingerprint density at radius 1 is 0.929 bits per heavy atom. The fourth-order valence-corrected chi connectivity index (χ4v) is 3.05. The molecule has 4 heteroatoms. The number of benzene rings is 2. The number of amides is 2. The topological polar surface area (TPSA) is 58.2 Å². The van der Waals surface area contributed by atoms with E-state index in [1.807, 2.05) is 12.1 Å². The molecule has 0 heterocycles. The maximum Gasteiger partial charge on any atom is 0.251 e. The summed E-state index contributed by atoms with van der Waals surface area (Å²) in [5.74, 6) is 0.104. The molecule has 0 bridgehead atoms. The summed E-state index contributed by atoms with van der Waals surface area (Å²) in [5.41, 5.74) is 4.07. The second-order valence-electron chi connectivity index (χ2n) is 8.67. The van der Waals surface area contributed by atoms with E-state index < -0.39 is 0 Å². The Balaban J connectivity index is 2.11. The molecule has 2 amide bonds. The minimum Gasteiger partial charge on any atom is -0.352 e. The van der Waals surface area contributed by atoms with Crippen molar-refractivity contribution in [3.8, 4) is 0 Å². The van der Waals surface area contributed by atoms with Gasteiger partial charge in [-0.2, -0.15) is 0 Å². The van der Waals surface area contributed by atoms with Gasteiger partial charge in [-0.05, 0) is 40.2 Å². The molecule has 4 nitrogen and oxygen atoms in total. The van der Waals surface area contributed by atoms with Crippen molar-refractivity contribution in [2.45, 2.75) is 59.5 Å². The molecule has 0 saturated carbocycles. The Labute approximate surface area is 168 Å². The maximum atomic E-state index is 12.8. The third-order valence-electron chi connectivity index (χ3n) is 4.85.